The number of rotatable bonds is 13. The summed E-state index contributed by atoms with van der Waals surface area (Å²) in [7, 11) is 0. The minimum absolute atomic E-state index is 0.0117. The molecule has 0 aliphatic heterocycles. The Morgan fingerprint density at radius 1 is 1.04 bits per heavy atom. The Morgan fingerprint density at radius 3 is 2.00 bits per heavy atom. The van der Waals surface area contributed by atoms with Crippen molar-refractivity contribution >= 4 is 11.9 Å². The van der Waals surface area contributed by atoms with Gasteiger partial charge in [0.05, 0.1) is 25.4 Å². The molecule has 0 heterocycles. The maximum atomic E-state index is 10.1. The molecule has 0 spiro atoms. The Hall–Kier alpha value is -1.96. The van der Waals surface area contributed by atoms with Gasteiger partial charge in [0.2, 0.25) is 0 Å². The maximum absolute atomic E-state index is 10.1. The van der Waals surface area contributed by atoms with Crippen molar-refractivity contribution in [3.63, 3.8) is 0 Å². The van der Waals surface area contributed by atoms with Gasteiger partial charge in [-0.15, -0.1) is 0 Å². The van der Waals surface area contributed by atoms with Gasteiger partial charge >= 0.3 is 11.9 Å². The second-order valence-electron chi connectivity index (χ2n) is 6.75. The van der Waals surface area contributed by atoms with Gasteiger partial charge in [0, 0.05) is 12.8 Å². The fourth-order valence-corrected chi connectivity index (χ4v) is 2.47. The number of ether oxygens (including phenoxy) is 1. The van der Waals surface area contributed by atoms with Gasteiger partial charge in [0.15, 0.2) is 0 Å². The van der Waals surface area contributed by atoms with E-state index in [0.29, 0.717) is 12.8 Å². The molecule has 0 saturated carbocycles. The zero-order valence-electron chi connectivity index (χ0n) is 16.8. The van der Waals surface area contributed by atoms with Crippen molar-refractivity contribution in [2.75, 3.05) is 13.2 Å². The number of carbonyl (C=O) groups is 2. The highest BCUT2D eigenvalue weighted by atomic mass is 16.5. The van der Waals surface area contributed by atoms with Crippen molar-refractivity contribution in [1.82, 2.24) is 0 Å². The summed E-state index contributed by atoms with van der Waals surface area (Å²) in [5.41, 5.74) is 1.23. The highest BCUT2D eigenvalue weighted by Crippen LogP contribution is 2.17. The predicted octanol–water partition coefficient (Wildman–Crippen LogP) is 2.73. The monoisotopic (exact) mass is 398 g/mol. The van der Waals surface area contributed by atoms with Crippen LogP contribution in [-0.4, -0.2) is 57.8 Å². The van der Waals surface area contributed by atoms with E-state index in [0.717, 1.165) is 12.8 Å². The summed E-state index contributed by atoms with van der Waals surface area (Å²) in [6.07, 6.45) is 2.09. The molecule has 0 amide bonds. The van der Waals surface area contributed by atoms with E-state index in [1.165, 1.54) is 5.56 Å². The van der Waals surface area contributed by atoms with Crippen molar-refractivity contribution in [3.05, 3.63) is 35.9 Å². The molecular weight excluding hydrogens is 364 g/mol. The van der Waals surface area contributed by atoms with Crippen LogP contribution >= 0.6 is 0 Å². The summed E-state index contributed by atoms with van der Waals surface area (Å²) in [6.45, 7) is 4.15. The van der Waals surface area contributed by atoms with Crippen LogP contribution in [0.15, 0.2) is 30.3 Å². The highest BCUT2D eigenvalue weighted by molar-refractivity contribution is 5.67. The standard InChI is InChI=1S/C15H24O3.C6H10O4/c1-3-14(9-13-7-5-4-6-8-13)15(17)11-18-12(2)10-16;7-5(8)3-1-2-4-6(9)10/h4-8,12,14-17H,3,9-11H2,1-2H3;1-4H2,(H,7,8)(H,9,10). The van der Waals surface area contributed by atoms with Gasteiger partial charge in [-0.05, 0) is 37.7 Å². The molecule has 0 saturated heterocycles. The third-order valence-corrected chi connectivity index (χ3v) is 4.25. The first kappa shape index (κ1) is 26.0. The van der Waals surface area contributed by atoms with Crippen molar-refractivity contribution < 1.29 is 34.8 Å². The Labute approximate surface area is 167 Å². The molecule has 28 heavy (non-hydrogen) atoms. The Bertz CT molecular complexity index is 517. The molecule has 3 unspecified atom stereocenters. The van der Waals surface area contributed by atoms with Gasteiger partial charge in [-0.2, -0.15) is 0 Å². The molecule has 3 atom stereocenters. The number of aliphatic carboxylic acids is 2. The fourth-order valence-electron chi connectivity index (χ4n) is 2.47. The van der Waals surface area contributed by atoms with Gasteiger partial charge in [-0.1, -0.05) is 43.7 Å². The molecule has 1 aromatic rings. The van der Waals surface area contributed by atoms with Crippen molar-refractivity contribution in [2.45, 2.75) is 64.6 Å². The largest absolute Gasteiger partial charge is 0.481 e. The second-order valence-corrected chi connectivity index (χ2v) is 6.75. The number of aliphatic hydroxyl groups is 2. The van der Waals surface area contributed by atoms with Crippen LogP contribution in [0.3, 0.4) is 0 Å². The predicted molar refractivity (Wildman–Crippen MR) is 106 cm³/mol. The van der Waals surface area contributed by atoms with Crippen LogP contribution in [0, 0.1) is 5.92 Å². The van der Waals surface area contributed by atoms with Crippen LogP contribution in [0.2, 0.25) is 0 Å². The van der Waals surface area contributed by atoms with Crippen molar-refractivity contribution in [3.8, 4) is 0 Å². The number of hydrogen-bond acceptors (Lipinski definition) is 5. The zero-order chi connectivity index (χ0) is 21.4. The number of carboxylic acid groups (broad SMARTS) is 2. The van der Waals surface area contributed by atoms with E-state index in [1.54, 1.807) is 6.92 Å². The summed E-state index contributed by atoms with van der Waals surface area (Å²) < 4.78 is 5.37. The van der Waals surface area contributed by atoms with E-state index >= 15 is 0 Å². The molecule has 0 radical (unpaired) electrons. The molecule has 4 N–H and O–H groups in total. The average Bonchev–Trinajstić information content (AvgIpc) is 2.68. The minimum Gasteiger partial charge on any atom is -0.481 e. The first-order valence-electron chi connectivity index (χ1n) is 9.68. The minimum atomic E-state index is -0.870. The normalized spacial score (nSPS) is 13.7. The zero-order valence-corrected chi connectivity index (χ0v) is 16.8. The van der Waals surface area contributed by atoms with Crippen LogP contribution in [-0.2, 0) is 20.7 Å². The molecule has 7 nitrogen and oxygen atoms in total. The van der Waals surface area contributed by atoms with Gasteiger partial charge < -0.3 is 25.2 Å². The summed E-state index contributed by atoms with van der Waals surface area (Å²) in [4.78, 5) is 19.8. The third-order valence-electron chi connectivity index (χ3n) is 4.25. The first-order chi connectivity index (χ1) is 13.3. The van der Waals surface area contributed by atoms with E-state index in [9.17, 15) is 14.7 Å². The Balaban J connectivity index is 0.000000621. The molecule has 0 aromatic heterocycles. The number of aliphatic hydroxyl groups excluding tert-OH is 2. The van der Waals surface area contributed by atoms with Crippen LogP contribution in [0.25, 0.3) is 0 Å². The quantitative estimate of drug-likeness (QED) is 0.377. The smallest absolute Gasteiger partial charge is 0.303 e. The van der Waals surface area contributed by atoms with E-state index < -0.39 is 18.0 Å². The first-order valence-corrected chi connectivity index (χ1v) is 9.68. The lowest BCUT2D eigenvalue weighted by Crippen LogP contribution is -2.29. The Morgan fingerprint density at radius 2 is 1.57 bits per heavy atom. The summed E-state index contributed by atoms with van der Waals surface area (Å²) in [6, 6.07) is 10.2. The molecule has 1 aromatic carbocycles. The average molecular weight is 398 g/mol. The second kappa shape index (κ2) is 16.0. The molecule has 0 aliphatic rings. The molecule has 160 valence electrons. The molecule has 0 bridgehead atoms. The fraction of sp³-hybridized carbons (Fsp3) is 0.619. The topological polar surface area (TPSA) is 124 Å². The maximum Gasteiger partial charge on any atom is 0.303 e. The lowest BCUT2D eigenvalue weighted by molar-refractivity contribution is -0.139. The Kier molecular flexibility index (Phi) is 14.9. The van der Waals surface area contributed by atoms with Gasteiger partial charge in [0.1, 0.15) is 0 Å². The molecule has 0 fully saturated rings. The summed E-state index contributed by atoms with van der Waals surface area (Å²) in [5, 5.41) is 35.2. The highest BCUT2D eigenvalue weighted by Gasteiger charge is 2.19. The molecular formula is C21H34O7. The lowest BCUT2D eigenvalue weighted by Gasteiger charge is -2.23. The SMILES string of the molecule is CCC(Cc1ccccc1)C(O)COC(C)CO.O=C(O)CCCCC(=O)O. The van der Waals surface area contributed by atoms with Crippen LogP contribution in [0.1, 0.15) is 51.5 Å². The van der Waals surface area contributed by atoms with Crippen LogP contribution in [0.5, 0.6) is 0 Å². The van der Waals surface area contributed by atoms with Crippen LogP contribution < -0.4 is 0 Å². The van der Waals surface area contributed by atoms with Crippen molar-refractivity contribution in [2.24, 2.45) is 5.92 Å². The van der Waals surface area contributed by atoms with Gasteiger partial charge in [0.25, 0.3) is 0 Å². The summed E-state index contributed by atoms with van der Waals surface area (Å²) >= 11 is 0. The van der Waals surface area contributed by atoms with E-state index in [2.05, 4.69) is 19.1 Å². The van der Waals surface area contributed by atoms with E-state index in [1.807, 2.05) is 18.2 Å². The molecule has 1 rings (SSSR count). The lowest BCUT2D eigenvalue weighted by atomic mass is 9.92. The number of hydrogen-bond donors (Lipinski definition) is 4. The van der Waals surface area contributed by atoms with Gasteiger partial charge in [-0.3, -0.25) is 9.59 Å². The number of unbranched alkanes of at least 4 members (excludes halogenated alkanes) is 1. The summed E-state index contributed by atoms with van der Waals surface area (Å²) in [5.74, 6) is -1.55. The number of benzene rings is 1. The third kappa shape index (κ3) is 14.1. The van der Waals surface area contributed by atoms with E-state index in [-0.39, 0.29) is 38.1 Å². The molecule has 7 heteroatoms. The van der Waals surface area contributed by atoms with E-state index in [4.69, 9.17) is 20.1 Å². The van der Waals surface area contributed by atoms with Gasteiger partial charge in [-0.25, -0.2) is 0 Å². The molecule has 0 aliphatic carbocycles. The number of carboxylic acids is 2. The van der Waals surface area contributed by atoms with Crippen LogP contribution in [0.4, 0.5) is 0 Å². The van der Waals surface area contributed by atoms with Crippen molar-refractivity contribution in [1.29, 1.82) is 0 Å².